The van der Waals surface area contributed by atoms with Crippen LogP contribution in [0.4, 0.5) is 5.69 Å². The first-order chi connectivity index (χ1) is 15.6. The molecule has 1 N–H and O–H groups in total. The van der Waals surface area contributed by atoms with Gasteiger partial charge >= 0.3 is 0 Å². The van der Waals surface area contributed by atoms with E-state index < -0.39 is 0 Å². The second kappa shape index (κ2) is 10.1. The van der Waals surface area contributed by atoms with Gasteiger partial charge in [-0.1, -0.05) is 30.0 Å². The maximum absolute atomic E-state index is 12.7. The second-order valence-electron chi connectivity index (χ2n) is 6.98. The van der Waals surface area contributed by atoms with Gasteiger partial charge in [0.2, 0.25) is 5.91 Å². The molecule has 0 fully saturated rings. The van der Waals surface area contributed by atoms with Crippen LogP contribution in [0, 0.1) is 0 Å². The Labute approximate surface area is 190 Å². The van der Waals surface area contributed by atoms with Crippen molar-refractivity contribution in [1.82, 2.24) is 19.7 Å². The predicted octanol–water partition coefficient (Wildman–Crippen LogP) is 5.27. The number of ether oxygens (including phenoxy) is 1. The number of para-hydroxylation sites is 1. The maximum Gasteiger partial charge on any atom is 0.237 e. The summed E-state index contributed by atoms with van der Waals surface area (Å²) in [6.45, 7) is 4.58. The Bertz CT molecular complexity index is 1160. The van der Waals surface area contributed by atoms with Crippen molar-refractivity contribution < 1.29 is 9.53 Å². The summed E-state index contributed by atoms with van der Waals surface area (Å²) in [5.74, 6) is 2.12. The van der Waals surface area contributed by atoms with Crippen molar-refractivity contribution >= 4 is 23.4 Å². The molecule has 0 radical (unpaired) electrons. The highest BCUT2D eigenvalue weighted by atomic mass is 32.2. The Kier molecular flexibility index (Phi) is 6.81. The minimum Gasteiger partial charge on any atom is -0.457 e. The molecule has 1 amide bonds. The van der Waals surface area contributed by atoms with Crippen molar-refractivity contribution in [3.8, 4) is 22.9 Å². The topological polar surface area (TPSA) is 81.9 Å². The van der Waals surface area contributed by atoms with E-state index in [9.17, 15) is 4.79 Å². The molecule has 162 valence electrons. The lowest BCUT2D eigenvalue weighted by Crippen LogP contribution is -2.22. The number of hydrogen-bond acceptors (Lipinski definition) is 6. The molecule has 0 unspecified atom stereocenters. The van der Waals surface area contributed by atoms with Crippen LogP contribution in [-0.2, 0) is 11.3 Å². The predicted molar refractivity (Wildman–Crippen MR) is 126 cm³/mol. The van der Waals surface area contributed by atoms with E-state index in [1.807, 2.05) is 85.1 Å². The van der Waals surface area contributed by atoms with Crippen molar-refractivity contribution in [2.24, 2.45) is 0 Å². The van der Waals surface area contributed by atoms with Gasteiger partial charge in [-0.25, -0.2) is 0 Å². The Morgan fingerprint density at radius 1 is 1.00 bits per heavy atom. The molecule has 2 heterocycles. The average molecular weight is 446 g/mol. The fraction of sp³-hybridized carbons (Fsp3) is 0.167. The standard InChI is InChI=1S/C24H23N5O2S/c1-3-29-22(18-13-15-25-16-14-18)27-28-24(29)32-17(2)23(30)26-19-9-11-21(12-10-19)31-20-7-5-4-6-8-20/h4-17H,3H2,1-2H3,(H,26,30)/t17-/m1/s1. The number of carbonyl (C=O) groups excluding carboxylic acids is 1. The summed E-state index contributed by atoms with van der Waals surface area (Å²) >= 11 is 1.38. The van der Waals surface area contributed by atoms with E-state index in [4.69, 9.17) is 4.74 Å². The van der Waals surface area contributed by atoms with E-state index in [0.717, 1.165) is 17.1 Å². The molecule has 0 bridgehead atoms. The Morgan fingerprint density at radius 2 is 1.69 bits per heavy atom. The smallest absolute Gasteiger partial charge is 0.237 e. The highest BCUT2D eigenvalue weighted by molar-refractivity contribution is 8.00. The maximum atomic E-state index is 12.7. The minimum atomic E-state index is -0.352. The van der Waals surface area contributed by atoms with Gasteiger partial charge in [0, 0.05) is 30.2 Å². The van der Waals surface area contributed by atoms with Crippen LogP contribution < -0.4 is 10.1 Å². The van der Waals surface area contributed by atoms with E-state index in [-0.39, 0.29) is 11.2 Å². The summed E-state index contributed by atoms with van der Waals surface area (Å²) in [6.07, 6.45) is 3.45. The van der Waals surface area contributed by atoms with Crippen LogP contribution in [0.2, 0.25) is 0 Å². The van der Waals surface area contributed by atoms with E-state index in [1.165, 1.54) is 11.8 Å². The molecule has 2 aromatic carbocycles. The number of nitrogens with zero attached hydrogens (tertiary/aromatic N) is 4. The first-order valence-electron chi connectivity index (χ1n) is 10.3. The number of hydrogen-bond donors (Lipinski definition) is 1. The molecular weight excluding hydrogens is 422 g/mol. The molecule has 32 heavy (non-hydrogen) atoms. The molecule has 1 atom stereocenters. The van der Waals surface area contributed by atoms with Gasteiger partial charge in [0.1, 0.15) is 11.5 Å². The molecular formula is C24H23N5O2S. The summed E-state index contributed by atoms with van der Waals surface area (Å²) in [5.41, 5.74) is 1.65. The summed E-state index contributed by atoms with van der Waals surface area (Å²) < 4.78 is 7.79. The number of carbonyl (C=O) groups is 1. The van der Waals surface area contributed by atoms with Gasteiger partial charge in [0.05, 0.1) is 5.25 Å². The van der Waals surface area contributed by atoms with E-state index in [1.54, 1.807) is 12.4 Å². The Morgan fingerprint density at radius 3 is 2.38 bits per heavy atom. The fourth-order valence-electron chi connectivity index (χ4n) is 3.06. The van der Waals surface area contributed by atoms with Gasteiger partial charge in [0.25, 0.3) is 0 Å². The first kappa shape index (κ1) is 21.6. The van der Waals surface area contributed by atoms with Crippen LogP contribution in [0.15, 0.2) is 84.3 Å². The van der Waals surface area contributed by atoms with Crippen molar-refractivity contribution in [2.45, 2.75) is 30.8 Å². The lowest BCUT2D eigenvalue weighted by atomic mass is 10.2. The molecule has 0 aliphatic rings. The molecule has 2 aromatic heterocycles. The summed E-state index contributed by atoms with van der Waals surface area (Å²) in [5, 5.41) is 11.9. The average Bonchev–Trinajstić information content (AvgIpc) is 3.24. The number of pyridine rings is 1. The zero-order valence-corrected chi connectivity index (χ0v) is 18.6. The van der Waals surface area contributed by atoms with Crippen LogP contribution in [0.1, 0.15) is 13.8 Å². The third-order valence-electron chi connectivity index (χ3n) is 4.72. The quantitative estimate of drug-likeness (QED) is 0.372. The lowest BCUT2D eigenvalue weighted by Gasteiger charge is -2.13. The number of nitrogens with one attached hydrogen (secondary N) is 1. The van der Waals surface area contributed by atoms with Crippen molar-refractivity contribution in [3.63, 3.8) is 0 Å². The third kappa shape index (κ3) is 5.15. The zero-order valence-electron chi connectivity index (χ0n) is 17.8. The molecule has 0 saturated carbocycles. The van der Waals surface area contributed by atoms with E-state index in [0.29, 0.717) is 23.1 Å². The van der Waals surface area contributed by atoms with Crippen molar-refractivity contribution in [2.75, 3.05) is 5.32 Å². The third-order valence-corrected chi connectivity index (χ3v) is 5.80. The molecule has 0 aliphatic heterocycles. The van der Waals surface area contributed by atoms with Crippen LogP contribution in [0.25, 0.3) is 11.4 Å². The highest BCUT2D eigenvalue weighted by Gasteiger charge is 2.20. The molecule has 0 saturated heterocycles. The highest BCUT2D eigenvalue weighted by Crippen LogP contribution is 2.28. The molecule has 0 spiro atoms. The number of aromatic nitrogens is 4. The van der Waals surface area contributed by atoms with Crippen LogP contribution in [0.3, 0.4) is 0 Å². The van der Waals surface area contributed by atoms with Gasteiger partial charge in [-0.2, -0.15) is 0 Å². The van der Waals surface area contributed by atoms with Crippen LogP contribution in [0.5, 0.6) is 11.5 Å². The van der Waals surface area contributed by atoms with Gasteiger partial charge < -0.3 is 14.6 Å². The first-order valence-corrected chi connectivity index (χ1v) is 11.2. The van der Waals surface area contributed by atoms with Gasteiger partial charge in [-0.15, -0.1) is 10.2 Å². The Balaban J connectivity index is 1.39. The van der Waals surface area contributed by atoms with Gasteiger partial charge in [-0.3, -0.25) is 9.78 Å². The lowest BCUT2D eigenvalue weighted by molar-refractivity contribution is -0.115. The summed E-state index contributed by atoms with van der Waals surface area (Å²) in [7, 11) is 0. The number of rotatable bonds is 8. The molecule has 0 aliphatic carbocycles. The largest absolute Gasteiger partial charge is 0.457 e. The SMILES string of the molecule is CCn1c(S[C@H](C)C(=O)Nc2ccc(Oc3ccccc3)cc2)nnc1-c1ccncc1. The van der Waals surface area contributed by atoms with E-state index >= 15 is 0 Å². The van der Waals surface area contributed by atoms with Gasteiger partial charge in [-0.05, 0) is 62.4 Å². The molecule has 4 aromatic rings. The summed E-state index contributed by atoms with van der Waals surface area (Å²) in [4.78, 5) is 16.8. The Hall–Kier alpha value is -3.65. The van der Waals surface area contributed by atoms with E-state index in [2.05, 4.69) is 20.5 Å². The minimum absolute atomic E-state index is 0.108. The van der Waals surface area contributed by atoms with Crippen molar-refractivity contribution in [1.29, 1.82) is 0 Å². The monoisotopic (exact) mass is 445 g/mol. The number of amides is 1. The number of thioether (sulfide) groups is 1. The molecule has 8 heteroatoms. The van der Waals surface area contributed by atoms with Gasteiger partial charge in [0.15, 0.2) is 11.0 Å². The summed E-state index contributed by atoms with van der Waals surface area (Å²) in [6, 6.07) is 20.7. The molecule has 4 rings (SSSR count). The number of anilines is 1. The van der Waals surface area contributed by atoms with Crippen LogP contribution in [-0.4, -0.2) is 30.9 Å². The molecule has 7 nitrogen and oxygen atoms in total. The fourth-order valence-corrected chi connectivity index (χ4v) is 3.97. The second-order valence-corrected chi connectivity index (χ2v) is 8.28. The zero-order chi connectivity index (χ0) is 22.3. The van der Waals surface area contributed by atoms with Crippen molar-refractivity contribution in [3.05, 3.63) is 79.1 Å². The van der Waals surface area contributed by atoms with Crippen LogP contribution >= 0.6 is 11.8 Å². The number of benzene rings is 2. The normalized spacial score (nSPS) is 11.7.